The Hall–Kier alpha value is -2.08. The van der Waals surface area contributed by atoms with E-state index in [-0.39, 0.29) is 10.3 Å². The summed E-state index contributed by atoms with van der Waals surface area (Å²) in [6.07, 6.45) is 2.63. The Morgan fingerprint density at radius 1 is 1.08 bits per heavy atom. The Morgan fingerprint density at radius 2 is 1.72 bits per heavy atom. The summed E-state index contributed by atoms with van der Waals surface area (Å²) in [7, 11) is -3.65. The Labute approximate surface area is 150 Å². The summed E-state index contributed by atoms with van der Waals surface area (Å²) in [4.78, 5) is 4.41. The van der Waals surface area contributed by atoms with Gasteiger partial charge in [-0.15, -0.1) is 0 Å². The van der Waals surface area contributed by atoms with Gasteiger partial charge in [-0.05, 0) is 48.6 Å². The molecular formula is C19H27N3O2S. The van der Waals surface area contributed by atoms with Crippen molar-refractivity contribution in [3.8, 4) is 0 Å². The molecule has 0 aliphatic rings. The van der Waals surface area contributed by atoms with Crippen LogP contribution in [0.15, 0.2) is 47.5 Å². The van der Waals surface area contributed by atoms with Crippen molar-refractivity contribution in [2.45, 2.75) is 57.4 Å². The fourth-order valence-electron chi connectivity index (χ4n) is 2.26. The lowest BCUT2D eigenvalue weighted by Crippen LogP contribution is -2.16. The minimum atomic E-state index is -3.65. The lowest BCUT2D eigenvalue weighted by Gasteiger charge is -2.19. The molecule has 2 aromatic rings. The molecule has 1 aromatic heterocycles. The van der Waals surface area contributed by atoms with Crippen LogP contribution in [0.5, 0.6) is 0 Å². The van der Waals surface area contributed by atoms with Crippen molar-refractivity contribution in [1.82, 2.24) is 4.98 Å². The zero-order valence-electron chi connectivity index (χ0n) is 15.5. The molecule has 0 aliphatic carbocycles. The lowest BCUT2D eigenvalue weighted by molar-refractivity contribution is 0.587. The van der Waals surface area contributed by atoms with E-state index in [1.165, 1.54) is 0 Å². The van der Waals surface area contributed by atoms with E-state index in [1.54, 1.807) is 24.4 Å². The van der Waals surface area contributed by atoms with Crippen molar-refractivity contribution in [1.29, 1.82) is 0 Å². The maximum atomic E-state index is 12.5. The average Bonchev–Trinajstić information content (AvgIpc) is 2.55. The molecule has 1 heterocycles. The predicted molar refractivity (Wildman–Crippen MR) is 104 cm³/mol. The molecule has 25 heavy (non-hydrogen) atoms. The van der Waals surface area contributed by atoms with Crippen molar-refractivity contribution in [3.63, 3.8) is 0 Å². The topological polar surface area (TPSA) is 71.1 Å². The molecule has 136 valence electrons. The molecule has 0 spiro atoms. The van der Waals surface area contributed by atoms with Crippen LogP contribution in [-0.4, -0.2) is 19.4 Å². The Bertz CT molecular complexity index is 792. The molecule has 0 saturated carbocycles. The normalized spacial score (nSPS) is 13.3. The van der Waals surface area contributed by atoms with Crippen LogP contribution >= 0.6 is 0 Å². The number of anilines is 2. The molecule has 0 aliphatic heterocycles. The highest BCUT2D eigenvalue weighted by Crippen LogP contribution is 2.24. The summed E-state index contributed by atoms with van der Waals surface area (Å²) in [5.74, 6) is 0.301. The van der Waals surface area contributed by atoms with Crippen LogP contribution in [0.2, 0.25) is 0 Å². The molecule has 1 aromatic carbocycles. The summed E-state index contributed by atoms with van der Waals surface area (Å²) in [6.45, 7) is 10.4. The highest BCUT2D eigenvalue weighted by atomic mass is 32.2. The first-order valence-corrected chi connectivity index (χ1v) is 9.96. The van der Waals surface area contributed by atoms with Gasteiger partial charge in [0.2, 0.25) is 0 Å². The summed E-state index contributed by atoms with van der Waals surface area (Å²) in [6, 6.07) is 10.8. The number of nitrogens with one attached hydrogen (secondary N) is 2. The van der Waals surface area contributed by atoms with Crippen LogP contribution in [0.3, 0.4) is 0 Å². The van der Waals surface area contributed by atoms with Gasteiger partial charge in [-0.3, -0.25) is 4.72 Å². The zero-order valence-corrected chi connectivity index (χ0v) is 16.3. The summed E-state index contributed by atoms with van der Waals surface area (Å²) < 4.78 is 27.5. The molecule has 0 bridgehead atoms. The molecule has 0 radical (unpaired) electrons. The molecule has 1 unspecified atom stereocenters. The van der Waals surface area contributed by atoms with Crippen LogP contribution in [-0.2, 0) is 15.4 Å². The van der Waals surface area contributed by atoms with Gasteiger partial charge in [0.1, 0.15) is 5.82 Å². The van der Waals surface area contributed by atoms with Gasteiger partial charge in [-0.25, -0.2) is 13.4 Å². The van der Waals surface area contributed by atoms with Crippen molar-refractivity contribution >= 4 is 21.5 Å². The van der Waals surface area contributed by atoms with Gasteiger partial charge in [-0.2, -0.15) is 0 Å². The highest BCUT2D eigenvalue weighted by Gasteiger charge is 2.18. The number of rotatable bonds is 6. The standard InChI is InChI=1S/C19H27N3O2S/c1-6-14(2)21-16-9-12-18(20-13-16)22-25(23,24)17-10-7-15(8-11-17)19(3,4)5/h7-14,21H,6H2,1-5H3,(H,20,22). The molecule has 1 atom stereocenters. The second kappa shape index (κ2) is 7.44. The van der Waals surface area contributed by atoms with E-state index in [9.17, 15) is 8.42 Å². The maximum absolute atomic E-state index is 12.5. The average molecular weight is 362 g/mol. The quantitative estimate of drug-likeness (QED) is 0.800. The molecule has 0 fully saturated rings. The number of sulfonamides is 1. The fourth-order valence-corrected chi connectivity index (χ4v) is 3.27. The number of hydrogen-bond donors (Lipinski definition) is 2. The smallest absolute Gasteiger partial charge is 0.263 e. The zero-order chi connectivity index (χ0) is 18.7. The molecule has 6 heteroatoms. The maximum Gasteiger partial charge on any atom is 0.263 e. The van der Waals surface area contributed by atoms with Gasteiger partial charge >= 0.3 is 0 Å². The van der Waals surface area contributed by atoms with E-state index in [4.69, 9.17) is 0 Å². The van der Waals surface area contributed by atoms with Gasteiger partial charge in [0.15, 0.2) is 0 Å². The first-order valence-electron chi connectivity index (χ1n) is 8.48. The van der Waals surface area contributed by atoms with Crippen molar-refractivity contribution in [2.75, 3.05) is 10.0 Å². The van der Waals surface area contributed by atoms with E-state index in [2.05, 4.69) is 49.6 Å². The van der Waals surface area contributed by atoms with E-state index in [1.807, 2.05) is 18.2 Å². The summed E-state index contributed by atoms with van der Waals surface area (Å²) in [5, 5.41) is 3.29. The van der Waals surface area contributed by atoms with Crippen molar-refractivity contribution in [2.24, 2.45) is 0 Å². The SMILES string of the molecule is CCC(C)Nc1ccc(NS(=O)(=O)c2ccc(C(C)(C)C)cc2)nc1. The summed E-state index contributed by atoms with van der Waals surface area (Å²) in [5.41, 5.74) is 1.94. The van der Waals surface area contributed by atoms with Crippen LogP contribution < -0.4 is 10.0 Å². The van der Waals surface area contributed by atoms with Gasteiger partial charge < -0.3 is 5.32 Å². The third-order valence-electron chi connectivity index (χ3n) is 4.06. The summed E-state index contributed by atoms with van der Waals surface area (Å²) >= 11 is 0. The molecule has 2 N–H and O–H groups in total. The Kier molecular flexibility index (Phi) is 5.72. The van der Waals surface area contributed by atoms with E-state index >= 15 is 0 Å². The fraction of sp³-hybridized carbons (Fsp3) is 0.421. The predicted octanol–water partition coefficient (Wildman–Crippen LogP) is 4.39. The minimum absolute atomic E-state index is 0.0181. The van der Waals surface area contributed by atoms with Gasteiger partial charge in [-0.1, -0.05) is 39.8 Å². The number of aromatic nitrogens is 1. The van der Waals surface area contributed by atoms with Crippen LogP contribution in [0.1, 0.15) is 46.6 Å². The largest absolute Gasteiger partial charge is 0.381 e. The molecule has 5 nitrogen and oxygen atoms in total. The lowest BCUT2D eigenvalue weighted by atomic mass is 9.87. The minimum Gasteiger partial charge on any atom is -0.381 e. The number of nitrogens with zero attached hydrogens (tertiary/aromatic N) is 1. The first kappa shape index (κ1) is 19.2. The third kappa shape index (κ3) is 5.19. The molecule has 2 rings (SSSR count). The van der Waals surface area contributed by atoms with Gasteiger partial charge in [0.25, 0.3) is 10.0 Å². The third-order valence-corrected chi connectivity index (χ3v) is 5.43. The van der Waals surface area contributed by atoms with Crippen LogP contribution in [0, 0.1) is 0 Å². The molecule has 0 amide bonds. The van der Waals surface area contributed by atoms with E-state index < -0.39 is 10.0 Å². The number of benzene rings is 1. The van der Waals surface area contributed by atoms with E-state index in [0.717, 1.165) is 17.7 Å². The Balaban J connectivity index is 2.13. The second-order valence-electron chi connectivity index (χ2n) is 7.27. The van der Waals surface area contributed by atoms with Crippen molar-refractivity contribution in [3.05, 3.63) is 48.2 Å². The van der Waals surface area contributed by atoms with Crippen LogP contribution in [0.4, 0.5) is 11.5 Å². The highest BCUT2D eigenvalue weighted by molar-refractivity contribution is 7.92. The monoisotopic (exact) mass is 361 g/mol. The first-order chi connectivity index (χ1) is 11.6. The van der Waals surface area contributed by atoms with Crippen molar-refractivity contribution < 1.29 is 8.42 Å². The Morgan fingerprint density at radius 3 is 2.20 bits per heavy atom. The molecule has 0 saturated heterocycles. The van der Waals surface area contributed by atoms with Gasteiger partial charge in [0.05, 0.1) is 16.8 Å². The number of pyridine rings is 1. The van der Waals surface area contributed by atoms with Crippen LogP contribution in [0.25, 0.3) is 0 Å². The van der Waals surface area contributed by atoms with E-state index in [0.29, 0.717) is 11.9 Å². The molecular weight excluding hydrogens is 334 g/mol. The second-order valence-corrected chi connectivity index (χ2v) is 8.95. The number of hydrogen-bond acceptors (Lipinski definition) is 4. The van der Waals surface area contributed by atoms with Gasteiger partial charge in [0, 0.05) is 6.04 Å².